The quantitative estimate of drug-likeness (QED) is 0.640. The van der Waals surface area contributed by atoms with Gasteiger partial charge in [0.2, 0.25) is 12.6 Å². The highest BCUT2D eigenvalue weighted by atomic mass is 16.5. The van der Waals surface area contributed by atoms with Gasteiger partial charge in [-0.15, -0.1) is 0 Å². The van der Waals surface area contributed by atoms with Crippen molar-refractivity contribution in [1.29, 1.82) is 0 Å². The molecule has 1 heterocycles. The summed E-state index contributed by atoms with van der Waals surface area (Å²) >= 11 is 0. The molecule has 3 nitrogen and oxygen atoms in total. The molecule has 3 heteroatoms. The van der Waals surface area contributed by atoms with Crippen LogP contribution >= 0.6 is 0 Å². The van der Waals surface area contributed by atoms with E-state index in [1.165, 1.54) is 0 Å². The van der Waals surface area contributed by atoms with Gasteiger partial charge in [0.1, 0.15) is 6.21 Å². The highest BCUT2D eigenvalue weighted by Crippen LogP contribution is 2.37. The summed E-state index contributed by atoms with van der Waals surface area (Å²) in [6.07, 6.45) is 2.69. The fourth-order valence-corrected chi connectivity index (χ4v) is 2.99. The largest absolute Gasteiger partial charge is 0.445 e. The molecule has 2 aromatic rings. The molecule has 0 saturated carbocycles. The number of carbonyl (C=O) groups is 1. The second-order valence-corrected chi connectivity index (χ2v) is 5.44. The van der Waals surface area contributed by atoms with Crippen molar-refractivity contribution >= 4 is 12.2 Å². The molecule has 3 rings (SSSR count). The van der Waals surface area contributed by atoms with Crippen LogP contribution in [-0.2, 0) is 9.53 Å². The standard InChI is InChI=1S/C19H20NO2/c1-2-13-20-14-17(21)22-19(16-11-7-4-8-12-16)18(20)15-9-5-3-6-10-15/h3-13,18-19H,2,14H2,1H3/q+1/t18-,19+/m0/s1. The second-order valence-electron chi connectivity index (χ2n) is 5.44. The lowest BCUT2D eigenvalue weighted by Crippen LogP contribution is -2.39. The van der Waals surface area contributed by atoms with E-state index >= 15 is 0 Å². The molecule has 0 aromatic heterocycles. The summed E-state index contributed by atoms with van der Waals surface area (Å²) < 4.78 is 7.83. The predicted octanol–water partition coefficient (Wildman–Crippen LogP) is 3.52. The molecule has 22 heavy (non-hydrogen) atoms. The van der Waals surface area contributed by atoms with Crippen LogP contribution in [0.25, 0.3) is 0 Å². The van der Waals surface area contributed by atoms with Gasteiger partial charge in [0.05, 0.1) is 0 Å². The van der Waals surface area contributed by atoms with E-state index in [9.17, 15) is 4.79 Å². The second kappa shape index (κ2) is 6.56. The Kier molecular flexibility index (Phi) is 4.33. The molecule has 2 aromatic carbocycles. The Morgan fingerprint density at radius 2 is 1.64 bits per heavy atom. The Balaban J connectivity index is 2.08. The molecule has 0 spiro atoms. The summed E-state index contributed by atoms with van der Waals surface area (Å²) in [5, 5.41) is 0. The zero-order valence-corrected chi connectivity index (χ0v) is 12.7. The molecule has 112 valence electrons. The van der Waals surface area contributed by atoms with E-state index in [2.05, 4.69) is 29.8 Å². The lowest BCUT2D eigenvalue weighted by molar-refractivity contribution is -0.585. The van der Waals surface area contributed by atoms with Gasteiger partial charge < -0.3 is 4.74 Å². The summed E-state index contributed by atoms with van der Waals surface area (Å²) in [6.45, 7) is 2.39. The van der Waals surface area contributed by atoms with Gasteiger partial charge in [-0.1, -0.05) is 67.6 Å². The van der Waals surface area contributed by atoms with E-state index in [0.29, 0.717) is 6.54 Å². The lowest BCUT2D eigenvalue weighted by Gasteiger charge is -2.29. The van der Waals surface area contributed by atoms with Crippen molar-refractivity contribution in [3.05, 3.63) is 71.8 Å². The van der Waals surface area contributed by atoms with Gasteiger partial charge in [-0.25, -0.2) is 9.37 Å². The number of carbonyl (C=O) groups excluding carboxylic acids is 1. The summed E-state index contributed by atoms with van der Waals surface area (Å²) in [5.74, 6) is -0.175. The van der Waals surface area contributed by atoms with E-state index in [1.807, 2.05) is 48.5 Å². The molecule has 0 aliphatic carbocycles. The van der Waals surface area contributed by atoms with Crippen molar-refractivity contribution in [3.8, 4) is 0 Å². The van der Waals surface area contributed by atoms with Gasteiger partial charge in [0.15, 0.2) is 6.10 Å². The third kappa shape index (κ3) is 2.93. The summed E-state index contributed by atoms with van der Waals surface area (Å²) in [4.78, 5) is 12.0. The molecule has 1 fully saturated rings. The molecular weight excluding hydrogens is 274 g/mol. The maximum Gasteiger partial charge on any atom is 0.373 e. The number of nitrogens with zero attached hydrogens (tertiary/aromatic N) is 1. The zero-order chi connectivity index (χ0) is 15.4. The van der Waals surface area contributed by atoms with Crippen molar-refractivity contribution in [2.45, 2.75) is 25.5 Å². The van der Waals surface area contributed by atoms with E-state index in [-0.39, 0.29) is 18.1 Å². The van der Waals surface area contributed by atoms with Crippen LogP contribution in [0, 0.1) is 0 Å². The van der Waals surface area contributed by atoms with Crippen LogP contribution in [-0.4, -0.2) is 23.3 Å². The number of hydrogen-bond acceptors (Lipinski definition) is 2. The molecule has 0 N–H and O–H groups in total. The summed E-state index contributed by atoms with van der Waals surface area (Å²) in [5.41, 5.74) is 2.19. The molecule has 0 bridgehead atoms. The molecule has 1 aliphatic heterocycles. The molecule has 1 aliphatic rings. The number of hydrogen-bond donors (Lipinski definition) is 0. The SMILES string of the molecule is CCC=[N+]1CC(=O)O[C@H](c2ccccc2)[C@@H]1c1ccccc1. The first-order chi connectivity index (χ1) is 10.8. The average molecular weight is 294 g/mol. The van der Waals surface area contributed by atoms with Gasteiger partial charge in [0.25, 0.3) is 0 Å². The minimum atomic E-state index is -0.285. The Morgan fingerprint density at radius 1 is 1.05 bits per heavy atom. The normalized spacial score (nSPS) is 23.3. The Hall–Kier alpha value is -2.42. The number of ether oxygens (including phenoxy) is 1. The topological polar surface area (TPSA) is 29.3 Å². The van der Waals surface area contributed by atoms with Crippen LogP contribution in [0.15, 0.2) is 60.7 Å². The van der Waals surface area contributed by atoms with E-state index < -0.39 is 0 Å². The van der Waals surface area contributed by atoms with Crippen molar-refractivity contribution < 1.29 is 14.1 Å². The molecule has 2 atom stereocenters. The van der Waals surface area contributed by atoms with Gasteiger partial charge >= 0.3 is 5.97 Å². The average Bonchev–Trinajstić information content (AvgIpc) is 2.56. The smallest absolute Gasteiger partial charge is 0.373 e. The molecule has 0 radical (unpaired) electrons. The number of benzene rings is 2. The van der Waals surface area contributed by atoms with Crippen LogP contribution in [0.4, 0.5) is 0 Å². The predicted molar refractivity (Wildman–Crippen MR) is 85.9 cm³/mol. The van der Waals surface area contributed by atoms with Crippen molar-refractivity contribution in [2.75, 3.05) is 6.54 Å². The van der Waals surface area contributed by atoms with Gasteiger partial charge in [-0.3, -0.25) is 0 Å². The van der Waals surface area contributed by atoms with Gasteiger partial charge in [-0.05, 0) is 5.56 Å². The van der Waals surface area contributed by atoms with Crippen LogP contribution in [0.1, 0.15) is 36.6 Å². The maximum atomic E-state index is 12.0. The Bertz CT molecular complexity index is 664. The third-order valence-corrected chi connectivity index (χ3v) is 3.90. The highest BCUT2D eigenvalue weighted by molar-refractivity contribution is 5.72. The lowest BCUT2D eigenvalue weighted by atomic mass is 9.94. The van der Waals surface area contributed by atoms with Gasteiger partial charge in [0, 0.05) is 12.0 Å². The summed E-state index contributed by atoms with van der Waals surface area (Å²) in [6, 6.07) is 20.2. The first-order valence-corrected chi connectivity index (χ1v) is 7.68. The fourth-order valence-electron chi connectivity index (χ4n) is 2.99. The Morgan fingerprint density at radius 3 is 2.23 bits per heavy atom. The fraction of sp³-hybridized carbons (Fsp3) is 0.263. The number of rotatable bonds is 3. The highest BCUT2D eigenvalue weighted by Gasteiger charge is 2.42. The van der Waals surface area contributed by atoms with Crippen molar-refractivity contribution in [2.24, 2.45) is 0 Å². The first-order valence-electron chi connectivity index (χ1n) is 7.68. The van der Waals surface area contributed by atoms with Crippen LogP contribution in [0.5, 0.6) is 0 Å². The zero-order valence-electron chi connectivity index (χ0n) is 12.7. The number of cyclic esters (lactones) is 1. The van der Waals surface area contributed by atoms with Crippen LogP contribution in [0.3, 0.4) is 0 Å². The maximum absolute atomic E-state index is 12.0. The molecule has 0 amide bonds. The first kappa shape index (κ1) is 14.5. The molecular formula is C19H20NO2+. The number of morpholine rings is 1. The van der Waals surface area contributed by atoms with E-state index in [1.54, 1.807) is 0 Å². The van der Waals surface area contributed by atoms with Crippen molar-refractivity contribution in [1.82, 2.24) is 0 Å². The minimum absolute atomic E-state index is 0.0150. The van der Waals surface area contributed by atoms with Crippen molar-refractivity contribution in [3.63, 3.8) is 0 Å². The van der Waals surface area contributed by atoms with E-state index in [4.69, 9.17) is 4.74 Å². The number of esters is 1. The third-order valence-electron chi connectivity index (χ3n) is 3.90. The van der Waals surface area contributed by atoms with Crippen LogP contribution in [0.2, 0.25) is 0 Å². The van der Waals surface area contributed by atoms with E-state index in [0.717, 1.165) is 17.5 Å². The van der Waals surface area contributed by atoms with Gasteiger partial charge in [-0.2, -0.15) is 0 Å². The Labute approximate surface area is 130 Å². The monoisotopic (exact) mass is 294 g/mol. The van der Waals surface area contributed by atoms with Crippen LogP contribution < -0.4 is 0 Å². The molecule has 1 saturated heterocycles. The minimum Gasteiger partial charge on any atom is -0.445 e. The molecule has 0 unspecified atom stereocenters. The summed E-state index contributed by atoms with van der Waals surface area (Å²) in [7, 11) is 0.